The van der Waals surface area contributed by atoms with Gasteiger partial charge in [0.15, 0.2) is 0 Å². The number of carbonyl (C=O) groups is 1. The van der Waals surface area contributed by atoms with E-state index in [9.17, 15) is 9.90 Å². The Morgan fingerprint density at radius 1 is 1.30 bits per heavy atom. The molecule has 1 aromatic carbocycles. The summed E-state index contributed by atoms with van der Waals surface area (Å²) in [6, 6.07) is 3.73. The number of benzene rings is 1. The van der Waals surface area contributed by atoms with Gasteiger partial charge in [-0.05, 0) is 24.1 Å². The third-order valence-electron chi connectivity index (χ3n) is 4.42. The molecule has 23 heavy (non-hydrogen) atoms. The van der Waals surface area contributed by atoms with Crippen molar-refractivity contribution >= 4 is 12.0 Å². The van der Waals surface area contributed by atoms with Gasteiger partial charge < -0.3 is 14.6 Å². The van der Waals surface area contributed by atoms with Gasteiger partial charge in [-0.1, -0.05) is 46.3 Å². The van der Waals surface area contributed by atoms with Crippen LogP contribution in [-0.4, -0.2) is 25.3 Å². The maximum atomic E-state index is 11.8. The maximum absolute atomic E-state index is 11.8. The van der Waals surface area contributed by atoms with Crippen molar-refractivity contribution < 1.29 is 19.4 Å². The molecule has 0 amide bonds. The lowest BCUT2D eigenvalue weighted by Gasteiger charge is -2.34. The van der Waals surface area contributed by atoms with Crippen LogP contribution in [0.3, 0.4) is 0 Å². The molecule has 4 heteroatoms. The average Bonchev–Trinajstić information content (AvgIpc) is 2.52. The number of aliphatic carboxylic acids is 1. The molecule has 1 aromatic rings. The van der Waals surface area contributed by atoms with Gasteiger partial charge in [0.25, 0.3) is 0 Å². The molecule has 0 radical (unpaired) electrons. The molecule has 0 bridgehead atoms. The summed E-state index contributed by atoms with van der Waals surface area (Å²) in [4.78, 5) is 11.8. The number of hydrogen-bond acceptors (Lipinski definition) is 3. The molecule has 0 aliphatic heterocycles. The maximum Gasteiger partial charge on any atom is 0.307 e. The van der Waals surface area contributed by atoms with Gasteiger partial charge in [-0.15, -0.1) is 0 Å². The van der Waals surface area contributed by atoms with Crippen molar-refractivity contribution in [1.29, 1.82) is 0 Å². The quantitative estimate of drug-likeness (QED) is 0.727. The summed E-state index contributed by atoms with van der Waals surface area (Å²) in [5.74, 6) is -0.0424. The van der Waals surface area contributed by atoms with Gasteiger partial charge in [0.05, 0.1) is 20.1 Å². The lowest BCUT2D eigenvalue weighted by atomic mass is 9.70. The fraction of sp³-hybridized carbons (Fsp3) is 0.526. The predicted molar refractivity (Wildman–Crippen MR) is 93.3 cm³/mol. The van der Waals surface area contributed by atoms with Crippen LogP contribution >= 0.6 is 0 Å². The molecule has 0 fully saturated rings. The van der Waals surface area contributed by atoms with Crippen LogP contribution in [0.5, 0.6) is 11.5 Å². The minimum Gasteiger partial charge on any atom is -0.496 e. The summed E-state index contributed by atoms with van der Waals surface area (Å²) >= 11 is 0. The van der Waals surface area contributed by atoms with E-state index in [0.29, 0.717) is 17.9 Å². The molecule has 0 saturated heterocycles. The molecule has 0 heterocycles. The number of carboxylic acids is 1. The smallest absolute Gasteiger partial charge is 0.307 e. The van der Waals surface area contributed by atoms with E-state index in [0.717, 1.165) is 24.0 Å². The lowest BCUT2D eigenvalue weighted by molar-refractivity contribution is -0.144. The zero-order valence-corrected chi connectivity index (χ0v) is 14.8. The Morgan fingerprint density at radius 2 is 1.83 bits per heavy atom. The summed E-state index contributed by atoms with van der Waals surface area (Å²) in [6.45, 7) is 9.71. The Hall–Kier alpha value is -1.97. The summed E-state index contributed by atoms with van der Waals surface area (Å²) in [7, 11) is 3.17. The number of unbranched alkanes of at least 4 members (excludes halogenated alkanes) is 1. The summed E-state index contributed by atoms with van der Waals surface area (Å²) < 4.78 is 11.1. The van der Waals surface area contributed by atoms with Crippen LogP contribution in [0.25, 0.3) is 6.08 Å². The first-order valence-electron chi connectivity index (χ1n) is 7.95. The Bertz CT molecular complexity index is 535. The first-order chi connectivity index (χ1) is 10.8. The highest BCUT2D eigenvalue weighted by Crippen LogP contribution is 2.45. The van der Waals surface area contributed by atoms with Crippen molar-refractivity contribution in [3.63, 3.8) is 0 Å². The van der Waals surface area contributed by atoms with E-state index in [1.807, 2.05) is 26.0 Å². The largest absolute Gasteiger partial charge is 0.496 e. The molecule has 0 saturated carbocycles. The molecular formula is C19H28O4. The van der Waals surface area contributed by atoms with Crippen LogP contribution in [0.2, 0.25) is 0 Å². The standard InChI is InChI=1S/C19H28O4/c1-7-9-10-14(18(20)21)19(3,4)17-15(22-5)11-13(8-2)12-16(17)23-6/h8,11-12,14H,2,7,9-10H2,1,3-6H3,(H,20,21). The zero-order valence-electron chi connectivity index (χ0n) is 14.8. The molecule has 0 aliphatic carbocycles. The van der Waals surface area contributed by atoms with E-state index in [1.165, 1.54) is 0 Å². The van der Waals surface area contributed by atoms with Crippen LogP contribution in [0, 0.1) is 5.92 Å². The first kappa shape index (κ1) is 19.1. The third-order valence-corrected chi connectivity index (χ3v) is 4.42. The SMILES string of the molecule is C=Cc1cc(OC)c(C(C)(C)C(CCCC)C(=O)O)c(OC)c1. The van der Waals surface area contributed by atoms with Crippen molar-refractivity contribution in [2.24, 2.45) is 5.92 Å². The van der Waals surface area contributed by atoms with Crippen LogP contribution in [-0.2, 0) is 10.2 Å². The molecule has 0 spiro atoms. The predicted octanol–water partition coefficient (Wildman–Crippen LogP) is 4.52. The molecule has 1 N–H and O–H groups in total. The minimum atomic E-state index is -0.791. The highest BCUT2D eigenvalue weighted by Gasteiger charge is 2.40. The van der Waals surface area contributed by atoms with Crippen molar-refractivity contribution in [2.75, 3.05) is 14.2 Å². The molecule has 4 nitrogen and oxygen atoms in total. The molecule has 1 rings (SSSR count). The van der Waals surface area contributed by atoms with E-state index in [2.05, 4.69) is 13.5 Å². The van der Waals surface area contributed by atoms with Crippen LogP contribution < -0.4 is 9.47 Å². The molecule has 1 unspecified atom stereocenters. The summed E-state index contributed by atoms with van der Waals surface area (Å²) in [5, 5.41) is 9.73. The molecular weight excluding hydrogens is 292 g/mol. The lowest BCUT2D eigenvalue weighted by Crippen LogP contribution is -2.35. The fourth-order valence-electron chi connectivity index (χ4n) is 3.06. The Labute approximate surface area is 139 Å². The second-order valence-corrected chi connectivity index (χ2v) is 6.26. The van der Waals surface area contributed by atoms with Gasteiger partial charge in [0.2, 0.25) is 0 Å². The topological polar surface area (TPSA) is 55.8 Å². The van der Waals surface area contributed by atoms with E-state index < -0.39 is 17.3 Å². The van der Waals surface area contributed by atoms with Crippen LogP contribution in [0.4, 0.5) is 0 Å². The van der Waals surface area contributed by atoms with Gasteiger partial charge in [-0.3, -0.25) is 4.79 Å². The third kappa shape index (κ3) is 4.06. The van der Waals surface area contributed by atoms with Gasteiger partial charge in [-0.2, -0.15) is 0 Å². The highest BCUT2D eigenvalue weighted by atomic mass is 16.5. The van der Waals surface area contributed by atoms with Gasteiger partial charge >= 0.3 is 5.97 Å². The van der Waals surface area contributed by atoms with Crippen molar-refractivity contribution in [3.05, 3.63) is 29.8 Å². The van der Waals surface area contributed by atoms with Crippen molar-refractivity contribution in [3.8, 4) is 11.5 Å². The number of methoxy groups -OCH3 is 2. The molecule has 0 aliphatic rings. The van der Waals surface area contributed by atoms with Gasteiger partial charge in [0.1, 0.15) is 11.5 Å². The average molecular weight is 320 g/mol. The van der Waals surface area contributed by atoms with Crippen LogP contribution in [0.15, 0.2) is 18.7 Å². The Kier molecular flexibility index (Phi) is 6.67. The normalized spacial score (nSPS) is 12.6. The van der Waals surface area contributed by atoms with E-state index >= 15 is 0 Å². The van der Waals surface area contributed by atoms with Gasteiger partial charge in [-0.25, -0.2) is 0 Å². The molecule has 0 aromatic heterocycles. The summed E-state index contributed by atoms with van der Waals surface area (Å²) in [5.41, 5.74) is 1.03. The number of rotatable bonds is 9. The van der Waals surface area contributed by atoms with Crippen molar-refractivity contribution in [1.82, 2.24) is 0 Å². The van der Waals surface area contributed by atoms with Gasteiger partial charge in [0, 0.05) is 11.0 Å². The van der Waals surface area contributed by atoms with E-state index in [4.69, 9.17) is 9.47 Å². The number of ether oxygens (including phenoxy) is 2. The molecule has 128 valence electrons. The van der Waals surface area contributed by atoms with E-state index in [-0.39, 0.29) is 0 Å². The number of hydrogen-bond donors (Lipinski definition) is 1. The molecule has 1 atom stereocenters. The van der Waals surface area contributed by atoms with Crippen molar-refractivity contribution in [2.45, 2.75) is 45.4 Å². The highest BCUT2D eigenvalue weighted by molar-refractivity contribution is 5.73. The summed E-state index contributed by atoms with van der Waals surface area (Å²) in [6.07, 6.45) is 4.17. The second kappa shape index (κ2) is 8.04. The number of carboxylic acid groups (broad SMARTS) is 1. The minimum absolute atomic E-state index is 0.514. The Balaban J connectivity index is 3.50. The second-order valence-electron chi connectivity index (χ2n) is 6.26. The first-order valence-corrected chi connectivity index (χ1v) is 7.95. The monoisotopic (exact) mass is 320 g/mol. The van der Waals surface area contributed by atoms with Crippen LogP contribution in [0.1, 0.15) is 51.2 Å². The zero-order chi connectivity index (χ0) is 17.6. The fourth-order valence-corrected chi connectivity index (χ4v) is 3.06. The van der Waals surface area contributed by atoms with E-state index in [1.54, 1.807) is 20.3 Å². The Morgan fingerprint density at radius 3 is 2.17 bits per heavy atom.